The number of carbonyl (C=O) groups excluding carboxylic acids is 1. The first-order valence-electron chi connectivity index (χ1n) is 10.1. The minimum absolute atomic E-state index is 0.00263. The monoisotopic (exact) mass is 447 g/mol. The number of amides is 1. The first-order chi connectivity index (χ1) is 13.9. The van der Waals surface area contributed by atoms with Gasteiger partial charge in [0.1, 0.15) is 0 Å². The molecule has 2 aliphatic rings. The zero-order valence-corrected chi connectivity index (χ0v) is 18.1. The Hall–Kier alpha value is -1.65. The Kier molecular flexibility index (Phi) is 6.50. The second-order valence-corrected chi connectivity index (χ2v) is 10.4. The van der Waals surface area contributed by atoms with E-state index in [-0.39, 0.29) is 47.2 Å². The van der Waals surface area contributed by atoms with E-state index in [4.69, 9.17) is 0 Å². The summed E-state index contributed by atoms with van der Waals surface area (Å²) in [6, 6.07) is 3.16. The van der Waals surface area contributed by atoms with Crippen molar-refractivity contribution in [2.24, 2.45) is 17.8 Å². The molecular weight excluding hydrogens is 419 g/mol. The summed E-state index contributed by atoms with van der Waals surface area (Å²) in [6.45, 7) is 4.48. The summed E-state index contributed by atoms with van der Waals surface area (Å²) in [6.07, 6.45) is -2.91. The van der Waals surface area contributed by atoms with Gasteiger partial charge in [-0.25, -0.2) is 8.42 Å². The van der Waals surface area contributed by atoms with Gasteiger partial charge < -0.3 is 10.6 Å². The van der Waals surface area contributed by atoms with Crippen LogP contribution in [0.3, 0.4) is 0 Å². The van der Waals surface area contributed by atoms with Gasteiger partial charge in [0.2, 0.25) is 15.9 Å². The van der Waals surface area contributed by atoms with Crippen LogP contribution in [0.15, 0.2) is 29.2 Å². The van der Waals surface area contributed by atoms with E-state index in [9.17, 15) is 26.4 Å². The fourth-order valence-corrected chi connectivity index (χ4v) is 6.14. The number of fused-ring (bicyclic) bond motifs is 1. The molecule has 1 saturated heterocycles. The number of rotatable bonds is 6. The number of likely N-dealkylation sites (N-methyl/N-ethyl adjacent to an activating group) is 1. The maximum atomic E-state index is 12.9. The number of sulfonamides is 1. The van der Waals surface area contributed by atoms with Gasteiger partial charge in [-0.1, -0.05) is 13.8 Å². The third-order valence-electron chi connectivity index (χ3n) is 6.23. The second kappa shape index (κ2) is 8.47. The Balaban J connectivity index is 1.70. The molecule has 1 aliphatic heterocycles. The third-order valence-corrected chi connectivity index (χ3v) is 8.08. The molecule has 0 bridgehead atoms. The zero-order chi connectivity index (χ0) is 22.3. The van der Waals surface area contributed by atoms with Gasteiger partial charge in [-0.2, -0.15) is 17.5 Å². The smallest absolute Gasteiger partial charge is 0.352 e. The van der Waals surface area contributed by atoms with Crippen LogP contribution in [-0.4, -0.2) is 50.9 Å². The number of nitrogens with zero attached hydrogens (tertiary/aromatic N) is 1. The Morgan fingerprint density at radius 2 is 1.77 bits per heavy atom. The molecule has 0 aromatic heterocycles. The molecule has 30 heavy (non-hydrogen) atoms. The highest BCUT2D eigenvalue weighted by Crippen LogP contribution is 2.40. The highest BCUT2D eigenvalue weighted by Gasteiger charge is 2.47. The molecule has 10 heteroatoms. The average Bonchev–Trinajstić information content (AvgIpc) is 3.24. The van der Waals surface area contributed by atoms with E-state index in [1.54, 1.807) is 7.05 Å². The number of alkyl halides is 3. The number of carbonyl (C=O) groups is 1. The van der Waals surface area contributed by atoms with Crippen LogP contribution in [0.2, 0.25) is 0 Å². The fourth-order valence-electron chi connectivity index (χ4n) is 4.60. The molecule has 1 saturated carbocycles. The summed E-state index contributed by atoms with van der Waals surface area (Å²) in [7, 11) is -2.16. The molecule has 1 aromatic carbocycles. The van der Waals surface area contributed by atoms with E-state index in [0.29, 0.717) is 6.54 Å². The van der Waals surface area contributed by atoms with Gasteiger partial charge in [0, 0.05) is 19.1 Å². The fraction of sp³-hybridized carbons (Fsp3) is 0.650. The molecule has 2 fully saturated rings. The number of halogens is 3. The van der Waals surface area contributed by atoms with Crippen LogP contribution in [0.1, 0.15) is 32.3 Å². The molecular formula is C20H28F3N3O3S. The maximum absolute atomic E-state index is 12.9. The predicted octanol–water partition coefficient (Wildman–Crippen LogP) is 2.46. The van der Waals surface area contributed by atoms with Crippen molar-refractivity contribution in [2.75, 3.05) is 20.1 Å². The summed E-state index contributed by atoms with van der Waals surface area (Å²) < 4.78 is 65.5. The first kappa shape index (κ1) is 23.0. The summed E-state index contributed by atoms with van der Waals surface area (Å²) in [4.78, 5) is 12.4. The van der Waals surface area contributed by atoms with Crippen molar-refractivity contribution in [3.05, 3.63) is 29.8 Å². The summed E-state index contributed by atoms with van der Waals surface area (Å²) in [5.41, 5.74) is -0.883. The van der Waals surface area contributed by atoms with Crippen molar-refractivity contribution in [1.82, 2.24) is 14.9 Å². The first-order valence-corrected chi connectivity index (χ1v) is 11.5. The van der Waals surface area contributed by atoms with E-state index in [1.807, 2.05) is 13.8 Å². The molecule has 2 N–H and O–H groups in total. The van der Waals surface area contributed by atoms with Crippen LogP contribution in [-0.2, 0) is 21.0 Å². The van der Waals surface area contributed by atoms with E-state index in [2.05, 4.69) is 10.6 Å². The van der Waals surface area contributed by atoms with E-state index < -0.39 is 21.8 Å². The molecule has 1 aromatic rings. The Bertz CT molecular complexity index is 872. The molecule has 0 unspecified atom stereocenters. The van der Waals surface area contributed by atoms with Crippen LogP contribution in [0.25, 0.3) is 0 Å². The molecule has 1 amide bonds. The Morgan fingerprint density at radius 3 is 2.30 bits per heavy atom. The normalized spacial score (nSPS) is 26.0. The topological polar surface area (TPSA) is 78.5 Å². The molecule has 4 atom stereocenters. The Morgan fingerprint density at radius 1 is 1.13 bits per heavy atom. The van der Waals surface area contributed by atoms with Gasteiger partial charge in [0.15, 0.2) is 0 Å². The summed E-state index contributed by atoms with van der Waals surface area (Å²) in [5.74, 6) is 0.156. The van der Waals surface area contributed by atoms with Crippen LogP contribution < -0.4 is 10.6 Å². The third kappa shape index (κ3) is 4.50. The molecule has 168 valence electrons. The lowest BCUT2D eigenvalue weighted by molar-refractivity contribution is -0.137. The lowest BCUT2D eigenvalue weighted by atomic mass is 9.97. The van der Waals surface area contributed by atoms with Crippen molar-refractivity contribution >= 4 is 15.9 Å². The van der Waals surface area contributed by atoms with Crippen molar-refractivity contribution in [1.29, 1.82) is 0 Å². The molecule has 1 aliphatic carbocycles. The number of nitrogens with one attached hydrogen (secondary N) is 2. The van der Waals surface area contributed by atoms with Crippen LogP contribution in [0, 0.1) is 17.8 Å². The van der Waals surface area contributed by atoms with Crippen molar-refractivity contribution in [2.45, 2.75) is 49.8 Å². The van der Waals surface area contributed by atoms with Gasteiger partial charge in [0.25, 0.3) is 0 Å². The largest absolute Gasteiger partial charge is 0.416 e. The van der Waals surface area contributed by atoms with E-state index >= 15 is 0 Å². The lowest BCUT2D eigenvalue weighted by Gasteiger charge is -2.26. The number of hydrogen-bond donors (Lipinski definition) is 2. The molecule has 6 nitrogen and oxygen atoms in total. The predicted molar refractivity (Wildman–Crippen MR) is 106 cm³/mol. The molecule has 0 radical (unpaired) electrons. The highest BCUT2D eigenvalue weighted by atomic mass is 32.2. The standard InChI is InChI=1S/C20H28F3N3O3S/c1-12(2)18(24-3)19(27)25-17-9-4-13-10-26(11-16(13)17)30(28,29)15-7-5-14(6-8-15)20(21,22)23/h5-8,12-13,16-18,24H,4,9-11H2,1-3H3,(H,25,27)/t13-,16+,17+,18+/m1/s1. The minimum Gasteiger partial charge on any atom is -0.352 e. The number of benzene rings is 1. The average molecular weight is 448 g/mol. The Labute approximate surface area is 175 Å². The minimum atomic E-state index is -4.51. The van der Waals surface area contributed by atoms with Crippen molar-refractivity contribution < 1.29 is 26.4 Å². The van der Waals surface area contributed by atoms with Gasteiger partial charge in [0.05, 0.1) is 16.5 Å². The van der Waals surface area contributed by atoms with Gasteiger partial charge >= 0.3 is 6.18 Å². The zero-order valence-electron chi connectivity index (χ0n) is 17.2. The molecule has 0 spiro atoms. The van der Waals surface area contributed by atoms with Gasteiger partial charge in [-0.15, -0.1) is 0 Å². The lowest BCUT2D eigenvalue weighted by Crippen LogP contribution is -2.50. The van der Waals surface area contributed by atoms with Crippen molar-refractivity contribution in [3.63, 3.8) is 0 Å². The van der Waals surface area contributed by atoms with E-state index in [0.717, 1.165) is 37.1 Å². The highest BCUT2D eigenvalue weighted by molar-refractivity contribution is 7.89. The van der Waals surface area contributed by atoms with E-state index in [1.165, 1.54) is 4.31 Å². The SMILES string of the molecule is CN[C@H](C(=O)N[C@H]1CC[C@@H]2CN(S(=O)(=O)c3ccc(C(F)(F)F)cc3)C[C@@H]21)C(C)C. The summed E-state index contributed by atoms with van der Waals surface area (Å²) in [5, 5.41) is 6.08. The number of hydrogen-bond acceptors (Lipinski definition) is 4. The molecule has 3 rings (SSSR count). The van der Waals surface area contributed by atoms with Crippen LogP contribution >= 0.6 is 0 Å². The summed E-state index contributed by atoms with van der Waals surface area (Å²) >= 11 is 0. The quantitative estimate of drug-likeness (QED) is 0.702. The van der Waals surface area contributed by atoms with Gasteiger partial charge in [-0.05, 0) is 61.9 Å². The van der Waals surface area contributed by atoms with Crippen LogP contribution in [0.4, 0.5) is 13.2 Å². The maximum Gasteiger partial charge on any atom is 0.416 e. The second-order valence-electron chi connectivity index (χ2n) is 8.47. The van der Waals surface area contributed by atoms with Crippen LogP contribution in [0.5, 0.6) is 0 Å². The molecule has 1 heterocycles. The van der Waals surface area contributed by atoms with Crippen molar-refractivity contribution in [3.8, 4) is 0 Å². The van der Waals surface area contributed by atoms with Gasteiger partial charge in [-0.3, -0.25) is 4.79 Å².